The van der Waals surface area contributed by atoms with Crippen LogP contribution < -0.4 is 5.32 Å². The van der Waals surface area contributed by atoms with Crippen molar-refractivity contribution in [1.82, 2.24) is 14.8 Å². The fraction of sp³-hybridized carbons (Fsp3) is 0.615. The zero-order valence-corrected chi connectivity index (χ0v) is 11.6. The van der Waals surface area contributed by atoms with Gasteiger partial charge < -0.3 is 20.3 Å². The molecule has 0 saturated carbocycles. The fourth-order valence-electron chi connectivity index (χ4n) is 3.48. The van der Waals surface area contributed by atoms with Gasteiger partial charge in [-0.05, 0) is 29.7 Å². The molecule has 108 valence electrons. The van der Waals surface area contributed by atoms with Crippen molar-refractivity contribution in [2.24, 2.45) is 18.9 Å². The smallest absolute Gasteiger partial charge is 0.323 e. The monoisotopic (exact) mass is 278 g/mol. The number of hydrogen-bond donors (Lipinski definition) is 1. The summed E-state index contributed by atoms with van der Waals surface area (Å²) >= 11 is 0. The minimum absolute atomic E-state index is 0.0536. The number of carbonyl (C=O) groups is 1. The number of rotatable bonds is 2. The number of carbonyl (C=O) groups excluding carboxylic acids is 1. The summed E-state index contributed by atoms with van der Waals surface area (Å²) in [6.45, 7) is 4.69. The topological polar surface area (TPSA) is 80.4 Å². The van der Waals surface area contributed by atoms with Gasteiger partial charge in [0.05, 0.1) is 7.05 Å². The van der Waals surface area contributed by atoms with Crippen LogP contribution in [0.4, 0.5) is 5.82 Å². The fourth-order valence-corrected chi connectivity index (χ4v) is 3.48. The van der Waals surface area contributed by atoms with Crippen molar-refractivity contribution in [2.45, 2.75) is 13.0 Å². The van der Waals surface area contributed by atoms with Gasteiger partial charge in [0.1, 0.15) is 0 Å². The number of nitrogens with one attached hydrogen (secondary N) is 1. The van der Waals surface area contributed by atoms with Crippen LogP contribution in [0.3, 0.4) is 0 Å². The predicted octanol–water partition coefficient (Wildman–Crippen LogP) is 0.613. The summed E-state index contributed by atoms with van der Waals surface area (Å²) in [6, 6.07) is 3.10. The van der Waals surface area contributed by atoms with Crippen LogP contribution in [0.25, 0.3) is 0 Å². The average molecular weight is 278 g/mol. The van der Waals surface area contributed by atoms with Crippen LogP contribution in [0.2, 0.25) is 0 Å². The molecule has 0 radical (unpaired) electrons. The van der Waals surface area contributed by atoms with Crippen molar-refractivity contribution in [3.05, 3.63) is 27.9 Å². The van der Waals surface area contributed by atoms with Gasteiger partial charge in [-0.15, -0.1) is 0 Å². The van der Waals surface area contributed by atoms with Crippen LogP contribution in [-0.4, -0.2) is 46.0 Å². The summed E-state index contributed by atoms with van der Waals surface area (Å²) in [5.74, 6) is 0.836. The van der Waals surface area contributed by atoms with Gasteiger partial charge in [-0.1, -0.05) is 0 Å². The summed E-state index contributed by atoms with van der Waals surface area (Å²) in [6.07, 6.45) is 0. The first-order chi connectivity index (χ1) is 9.50. The third kappa shape index (κ3) is 1.81. The van der Waals surface area contributed by atoms with E-state index in [1.807, 2.05) is 4.90 Å². The summed E-state index contributed by atoms with van der Waals surface area (Å²) in [5.41, 5.74) is 0.386. The molecule has 3 unspecified atom stereocenters. The molecule has 1 N–H and O–H groups in total. The zero-order valence-electron chi connectivity index (χ0n) is 11.6. The highest BCUT2D eigenvalue weighted by Gasteiger charge is 2.44. The predicted molar refractivity (Wildman–Crippen MR) is 72.4 cm³/mol. The maximum atomic E-state index is 12.6. The van der Waals surface area contributed by atoms with Gasteiger partial charge in [-0.2, -0.15) is 0 Å². The average Bonchev–Trinajstić information content (AvgIpc) is 3.05. The molecule has 0 aromatic carbocycles. The number of hydrogen-bond acceptors (Lipinski definition) is 4. The lowest BCUT2D eigenvalue weighted by Gasteiger charge is -2.23. The Kier molecular flexibility index (Phi) is 3.01. The lowest BCUT2D eigenvalue weighted by molar-refractivity contribution is -0.391. The molecule has 3 atom stereocenters. The second kappa shape index (κ2) is 4.59. The lowest BCUT2D eigenvalue weighted by atomic mass is 9.95. The second-order valence-electron chi connectivity index (χ2n) is 5.67. The molecule has 0 aliphatic carbocycles. The molecular weight excluding hydrogens is 260 g/mol. The van der Waals surface area contributed by atoms with Crippen molar-refractivity contribution in [1.29, 1.82) is 0 Å². The van der Waals surface area contributed by atoms with Gasteiger partial charge in [-0.3, -0.25) is 4.79 Å². The van der Waals surface area contributed by atoms with E-state index in [1.165, 1.54) is 10.6 Å². The molecule has 2 saturated heterocycles. The highest BCUT2D eigenvalue weighted by atomic mass is 16.6. The van der Waals surface area contributed by atoms with Crippen LogP contribution in [-0.2, 0) is 7.05 Å². The number of fused-ring (bicyclic) bond motifs is 1. The summed E-state index contributed by atoms with van der Waals surface area (Å²) in [5, 5.41) is 14.2. The first-order valence-corrected chi connectivity index (χ1v) is 6.82. The van der Waals surface area contributed by atoms with Gasteiger partial charge in [0.15, 0.2) is 5.69 Å². The molecule has 2 aliphatic heterocycles. The molecule has 1 amide bonds. The number of likely N-dealkylation sites (tertiary alicyclic amines) is 1. The third-order valence-corrected chi connectivity index (χ3v) is 4.70. The minimum atomic E-state index is -0.469. The number of amides is 1. The van der Waals surface area contributed by atoms with Crippen molar-refractivity contribution in [3.63, 3.8) is 0 Å². The molecule has 7 heteroatoms. The molecule has 0 bridgehead atoms. The van der Waals surface area contributed by atoms with Gasteiger partial charge in [-0.25, -0.2) is 4.57 Å². The number of nitro groups is 1. The van der Waals surface area contributed by atoms with Gasteiger partial charge >= 0.3 is 5.82 Å². The maximum Gasteiger partial charge on any atom is 0.323 e. The standard InChI is InChI=1S/C13H18N4O3/c1-8-10-6-14-5-9(10)7-16(8)13(18)11-3-4-12(15(11)2)17(19)20/h3-4,8-10,14H,5-7H2,1-2H3. The Bertz CT molecular complexity index is 568. The van der Waals surface area contributed by atoms with Crippen LogP contribution in [0, 0.1) is 22.0 Å². The van der Waals surface area contributed by atoms with E-state index in [4.69, 9.17) is 0 Å². The van der Waals surface area contributed by atoms with Crippen LogP contribution in [0.5, 0.6) is 0 Å². The molecule has 20 heavy (non-hydrogen) atoms. The highest BCUT2D eigenvalue weighted by Crippen LogP contribution is 2.33. The van der Waals surface area contributed by atoms with E-state index < -0.39 is 4.92 Å². The van der Waals surface area contributed by atoms with Crippen LogP contribution in [0.15, 0.2) is 12.1 Å². The number of nitrogens with zero attached hydrogens (tertiary/aromatic N) is 3. The number of aromatic nitrogens is 1. The van der Waals surface area contributed by atoms with Gasteiger partial charge in [0, 0.05) is 31.7 Å². The van der Waals surface area contributed by atoms with Crippen LogP contribution >= 0.6 is 0 Å². The van der Waals surface area contributed by atoms with Crippen molar-refractivity contribution in [2.75, 3.05) is 19.6 Å². The highest BCUT2D eigenvalue weighted by molar-refractivity contribution is 5.93. The Morgan fingerprint density at radius 3 is 2.80 bits per heavy atom. The van der Waals surface area contributed by atoms with E-state index in [9.17, 15) is 14.9 Å². The molecule has 3 rings (SSSR count). The molecule has 2 fully saturated rings. The third-order valence-electron chi connectivity index (χ3n) is 4.70. The Balaban J connectivity index is 1.85. The van der Waals surface area contributed by atoms with Crippen molar-refractivity contribution < 1.29 is 9.72 Å². The van der Waals surface area contributed by atoms with E-state index in [1.54, 1.807) is 13.1 Å². The molecule has 2 aliphatic rings. The van der Waals surface area contributed by atoms with E-state index in [2.05, 4.69) is 12.2 Å². The van der Waals surface area contributed by atoms with E-state index in [0.29, 0.717) is 17.5 Å². The molecule has 1 aromatic rings. The molecule has 3 heterocycles. The molecule has 0 spiro atoms. The summed E-state index contributed by atoms with van der Waals surface area (Å²) < 4.78 is 1.36. The Morgan fingerprint density at radius 1 is 1.45 bits per heavy atom. The Labute approximate surface area is 116 Å². The SMILES string of the molecule is CC1C2CNCC2CN1C(=O)c1ccc([N+](=O)[O-])n1C. The zero-order chi connectivity index (χ0) is 14.4. The lowest BCUT2D eigenvalue weighted by Crippen LogP contribution is -2.38. The normalized spacial score (nSPS) is 28.7. The first kappa shape index (κ1) is 13.1. The molecular formula is C13H18N4O3. The Morgan fingerprint density at radius 2 is 2.20 bits per heavy atom. The van der Waals surface area contributed by atoms with Crippen molar-refractivity contribution >= 4 is 11.7 Å². The quantitative estimate of drug-likeness (QED) is 0.635. The second-order valence-corrected chi connectivity index (χ2v) is 5.67. The first-order valence-electron chi connectivity index (χ1n) is 6.82. The van der Waals surface area contributed by atoms with Gasteiger partial charge in [0.2, 0.25) is 0 Å². The van der Waals surface area contributed by atoms with Crippen LogP contribution in [0.1, 0.15) is 17.4 Å². The maximum absolute atomic E-state index is 12.6. The molecule has 1 aromatic heterocycles. The van der Waals surface area contributed by atoms with E-state index in [0.717, 1.165) is 19.6 Å². The summed E-state index contributed by atoms with van der Waals surface area (Å²) in [7, 11) is 1.56. The largest absolute Gasteiger partial charge is 0.358 e. The van der Waals surface area contributed by atoms with Crippen molar-refractivity contribution in [3.8, 4) is 0 Å². The van der Waals surface area contributed by atoms with E-state index in [-0.39, 0.29) is 17.8 Å². The van der Waals surface area contributed by atoms with E-state index >= 15 is 0 Å². The summed E-state index contributed by atoms with van der Waals surface area (Å²) in [4.78, 5) is 24.8. The Hall–Kier alpha value is -1.89. The minimum Gasteiger partial charge on any atom is -0.358 e. The van der Waals surface area contributed by atoms with Gasteiger partial charge in [0.25, 0.3) is 5.91 Å². The molecule has 7 nitrogen and oxygen atoms in total.